The second-order valence-electron chi connectivity index (χ2n) is 14.1. The number of hydrogen-bond acceptors (Lipinski definition) is 4. The van der Waals surface area contributed by atoms with E-state index in [0.29, 0.717) is 19.6 Å². The van der Waals surface area contributed by atoms with Crippen molar-refractivity contribution in [2.75, 3.05) is 19.8 Å². The zero-order valence-electron chi connectivity index (χ0n) is 32.3. The molecule has 0 aliphatic carbocycles. The van der Waals surface area contributed by atoms with Gasteiger partial charge in [0, 0.05) is 13.0 Å². The average molecular weight is 675 g/mol. The van der Waals surface area contributed by atoms with Crippen molar-refractivity contribution in [3.63, 3.8) is 0 Å². The van der Waals surface area contributed by atoms with Crippen LogP contribution in [0.4, 0.5) is 0 Å². The molecule has 4 heteroatoms. The molecule has 0 rings (SSSR count). The Morgan fingerprint density at radius 3 is 1.31 bits per heavy atom. The van der Waals surface area contributed by atoms with Gasteiger partial charge in [-0.25, -0.2) is 0 Å². The predicted octanol–water partition coefficient (Wildman–Crippen LogP) is 13.7. The summed E-state index contributed by atoms with van der Waals surface area (Å²) in [4.78, 5) is 12.2. The normalized spacial score (nSPS) is 12.6. The number of aliphatic hydroxyl groups excluding tert-OH is 1. The first-order chi connectivity index (χ1) is 23.7. The first-order valence-corrected chi connectivity index (χ1v) is 21.1. The second-order valence-corrected chi connectivity index (χ2v) is 14.1. The van der Waals surface area contributed by atoms with E-state index in [9.17, 15) is 9.90 Å². The molecule has 0 aromatic rings. The molecule has 0 fully saturated rings. The molecule has 0 aromatic carbocycles. The van der Waals surface area contributed by atoms with E-state index in [1.165, 1.54) is 167 Å². The minimum Gasteiger partial charge on any atom is -0.457 e. The number of carbonyl (C=O) groups is 1. The van der Waals surface area contributed by atoms with E-state index in [1.54, 1.807) is 0 Å². The van der Waals surface area contributed by atoms with Crippen molar-refractivity contribution in [2.45, 2.75) is 219 Å². The maximum absolute atomic E-state index is 12.2. The fourth-order valence-corrected chi connectivity index (χ4v) is 6.00. The molecular formula is C44H82O4. The van der Waals surface area contributed by atoms with Gasteiger partial charge in [0.2, 0.25) is 0 Å². The molecule has 282 valence electrons. The highest BCUT2D eigenvalue weighted by atomic mass is 16.6. The van der Waals surface area contributed by atoms with E-state index in [1.807, 2.05) is 0 Å². The molecule has 0 saturated carbocycles. The lowest BCUT2D eigenvalue weighted by Gasteiger charge is -2.15. The Labute approximate surface area is 300 Å². The van der Waals surface area contributed by atoms with Crippen LogP contribution in [0.15, 0.2) is 36.5 Å². The molecule has 1 N–H and O–H groups in total. The van der Waals surface area contributed by atoms with Crippen LogP contribution in [-0.4, -0.2) is 37.0 Å². The highest BCUT2D eigenvalue weighted by Crippen LogP contribution is 2.13. The lowest BCUT2D eigenvalue weighted by atomic mass is 10.1. The van der Waals surface area contributed by atoms with Crippen LogP contribution < -0.4 is 0 Å². The highest BCUT2D eigenvalue weighted by molar-refractivity contribution is 5.69. The number of carbonyl (C=O) groups excluding carboxylic acids is 1. The van der Waals surface area contributed by atoms with Crippen molar-refractivity contribution in [3.8, 4) is 0 Å². The number of ether oxygens (including phenoxy) is 2. The van der Waals surface area contributed by atoms with Gasteiger partial charge in [0.25, 0.3) is 0 Å². The predicted molar refractivity (Wildman–Crippen MR) is 210 cm³/mol. The first kappa shape index (κ1) is 46.6. The molecule has 0 spiro atoms. The SMILES string of the molecule is CCCCCCC/C=C\C/C=C\CCCCCCCCCCCC(=O)OC(CO)COCCCCCCCC/C=C\CCCCCCC. The Balaban J connectivity index is 3.44. The van der Waals surface area contributed by atoms with Gasteiger partial charge in [-0.2, -0.15) is 0 Å². The summed E-state index contributed by atoms with van der Waals surface area (Å²) < 4.78 is 11.1. The maximum Gasteiger partial charge on any atom is 0.306 e. The summed E-state index contributed by atoms with van der Waals surface area (Å²) in [5.41, 5.74) is 0. The van der Waals surface area contributed by atoms with Crippen LogP contribution in [-0.2, 0) is 14.3 Å². The molecule has 0 radical (unpaired) electrons. The Kier molecular flexibility index (Phi) is 40.6. The third-order valence-corrected chi connectivity index (χ3v) is 9.19. The van der Waals surface area contributed by atoms with E-state index >= 15 is 0 Å². The standard InChI is InChI=1S/C44H82O4/c1-3-5-7-9-11-13-15-17-19-20-21-22-23-24-25-27-29-31-33-35-37-39-44(46)48-43(41-45)42-47-40-38-36-34-32-30-28-26-18-16-14-12-10-8-6-4-2/h15-18,20-21,43,45H,3-14,19,22-42H2,1-2H3/b17-15-,18-16-,21-20-. The van der Waals surface area contributed by atoms with Gasteiger partial charge >= 0.3 is 5.97 Å². The van der Waals surface area contributed by atoms with Crippen molar-refractivity contribution in [2.24, 2.45) is 0 Å². The Bertz CT molecular complexity index is 713. The first-order valence-electron chi connectivity index (χ1n) is 21.1. The van der Waals surface area contributed by atoms with Crippen LogP contribution in [0, 0.1) is 0 Å². The largest absolute Gasteiger partial charge is 0.457 e. The molecule has 0 aliphatic heterocycles. The van der Waals surface area contributed by atoms with Crippen LogP contribution in [0.5, 0.6) is 0 Å². The van der Waals surface area contributed by atoms with Gasteiger partial charge in [0.1, 0.15) is 6.10 Å². The van der Waals surface area contributed by atoms with Crippen LogP contribution in [0.25, 0.3) is 0 Å². The summed E-state index contributed by atoms with van der Waals surface area (Å²) in [7, 11) is 0. The molecule has 0 heterocycles. The number of hydrogen-bond donors (Lipinski definition) is 1. The molecule has 1 atom stereocenters. The van der Waals surface area contributed by atoms with Crippen molar-refractivity contribution in [3.05, 3.63) is 36.5 Å². The monoisotopic (exact) mass is 675 g/mol. The van der Waals surface area contributed by atoms with Gasteiger partial charge in [0.15, 0.2) is 0 Å². The number of unbranched alkanes of at least 4 members (excludes halogenated alkanes) is 25. The lowest BCUT2D eigenvalue weighted by molar-refractivity contribution is -0.154. The molecular weight excluding hydrogens is 592 g/mol. The van der Waals surface area contributed by atoms with E-state index in [2.05, 4.69) is 50.3 Å². The number of allylic oxidation sites excluding steroid dienone is 6. The molecule has 0 aliphatic rings. The lowest BCUT2D eigenvalue weighted by Crippen LogP contribution is -2.27. The number of rotatable bonds is 39. The van der Waals surface area contributed by atoms with Gasteiger partial charge in [-0.1, -0.05) is 172 Å². The van der Waals surface area contributed by atoms with Gasteiger partial charge in [0.05, 0.1) is 13.2 Å². The van der Waals surface area contributed by atoms with E-state index in [4.69, 9.17) is 9.47 Å². The third-order valence-electron chi connectivity index (χ3n) is 9.19. The van der Waals surface area contributed by atoms with Gasteiger partial charge in [-0.15, -0.1) is 0 Å². The van der Waals surface area contributed by atoms with Crippen LogP contribution in [0.2, 0.25) is 0 Å². The van der Waals surface area contributed by atoms with E-state index in [0.717, 1.165) is 25.7 Å². The zero-order valence-corrected chi connectivity index (χ0v) is 32.3. The number of aliphatic hydroxyl groups is 1. The van der Waals surface area contributed by atoms with Crippen LogP contribution in [0.3, 0.4) is 0 Å². The average Bonchev–Trinajstić information content (AvgIpc) is 3.09. The van der Waals surface area contributed by atoms with Crippen LogP contribution >= 0.6 is 0 Å². The van der Waals surface area contributed by atoms with Crippen molar-refractivity contribution < 1.29 is 19.4 Å². The minimum absolute atomic E-state index is 0.175. The van der Waals surface area contributed by atoms with Gasteiger partial charge in [-0.05, 0) is 70.6 Å². The topological polar surface area (TPSA) is 55.8 Å². The quantitative estimate of drug-likeness (QED) is 0.0400. The van der Waals surface area contributed by atoms with Crippen molar-refractivity contribution >= 4 is 5.97 Å². The Morgan fingerprint density at radius 1 is 0.500 bits per heavy atom. The maximum atomic E-state index is 12.2. The van der Waals surface area contributed by atoms with Crippen molar-refractivity contribution in [1.82, 2.24) is 0 Å². The third kappa shape index (κ3) is 39.1. The minimum atomic E-state index is -0.538. The molecule has 0 bridgehead atoms. The molecule has 1 unspecified atom stereocenters. The molecule has 4 nitrogen and oxygen atoms in total. The van der Waals surface area contributed by atoms with E-state index in [-0.39, 0.29) is 12.6 Å². The van der Waals surface area contributed by atoms with Gasteiger partial charge in [-0.3, -0.25) is 4.79 Å². The summed E-state index contributed by atoms with van der Waals surface area (Å²) in [6, 6.07) is 0. The zero-order chi connectivity index (χ0) is 34.9. The summed E-state index contributed by atoms with van der Waals surface area (Å²) in [5.74, 6) is -0.206. The van der Waals surface area contributed by atoms with Gasteiger partial charge < -0.3 is 14.6 Å². The smallest absolute Gasteiger partial charge is 0.306 e. The fraction of sp³-hybridized carbons (Fsp3) is 0.841. The second kappa shape index (κ2) is 41.8. The van der Waals surface area contributed by atoms with Crippen LogP contribution in [0.1, 0.15) is 213 Å². The molecule has 0 amide bonds. The summed E-state index contributed by atoms with van der Waals surface area (Å²) in [6.07, 6.45) is 52.0. The molecule has 0 saturated heterocycles. The number of esters is 1. The highest BCUT2D eigenvalue weighted by Gasteiger charge is 2.13. The van der Waals surface area contributed by atoms with Crippen molar-refractivity contribution in [1.29, 1.82) is 0 Å². The summed E-state index contributed by atoms with van der Waals surface area (Å²) in [5, 5.41) is 9.59. The van der Waals surface area contributed by atoms with E-state index < -0.39 is 6.10 Å². The fourth-order valence-electron chi connectivity index (χ4n) is 6.00. The Hall–Kier alpha value is -1.39. The Morgan fingerprint density at radius 2 is 0.875 bits per heavy atom. The molecule has 48 heavy (non-hydrogen) atoms. The summed E-state index contributed by atoms with van der Waals surface area (Å²) >= 11 is 0. The summed E-state index contributed by atoms with van der Waals surface area (Å²) in [6.45, 7) is 5.33. The molecule has 0 aromatic heterocycles.